The smallest absolute Gasteiger partial charge is 0.337 e. The van der Waals surface area contributed by atoms with Gasteiger partial charge in [-0.3, -0.25) is 0 Å². The Bertz CT molecular complexity index is 663. The van der Waals surface area contributed by atoms with Crippen molar-refractivity contribution in [1.29, 1.82) is 0 Å². The first-order valence-electron chi connectivity index (χ1n) is 7.03. The number of hydrogen-bond acceptors (Lipinski definition) is 3. The molecule has 0 saturated carbocycles. The molecule has 116 valence electrons. The van der Waals surface area contributed by atoms with Crippen LogP contribution in [0.3, 0.4) is 0 Å². The molecule has 0 aliphatic carbocycles. The molecule has 2 rings (SSSR count). The van der Waals surface area contributed by atoms with E-state index in [9.17, 15) is 9.90 Å². The molecule has 0 spiro atoms. The van der Waals surface area contributed by atoms with Crippen molar-refractivity contribution in [2.75, 3.05) is 6.61 Å². The first-order valence-corrected chi connectivity index (χ1v) is 8.70. The predicted octanol–water partition coefficient (Wildman–Crippen LogP) is 5.31. The van der Waals surface area contributed by atoms with Gasteiger partial charge in [-0.05, 0) is 42.1 Å². The molecule has 22 heavy (non-hydrogen) atoms. The van der Waals surface area contributed by atoms with Gasteiger partial charge in [0.2, 0.25) is 0 Å². The minimum absolute atomic E-state index is 0.272. The normalized spacial score (nSPS) is 11.5. The van der Waals surface area contributed by atoms with Gasteiger partial charge in [0.15, 0.2) is 0 Å². The maximum atomic E-state index is 11.5. The third-order valence-corrected chi connectivity index (χ3v) is 4.44. The van der Waals surface area contributed by atoms with E-state index in [1.807, 2.05) is 29.6 Å². The number of hydrogen-bond donors (Lipinski definition) is 1. The predicted molar refractivity (Wildman–Crippen MR) is 94.4 cm³/mol. The van der Waals surface area contributed by atoms with Crippen LogP contribution >= 0.6 is 27.3 Å². The summed E-state index contributed by atoms with van der Waals surface area (Å²) < 4.78 is 6.66. The molecule has 0 radical (unpaired) electrons. The van der Waals surface area contributed by atoms with Crippen molar-refractivity contribution >= 4 is 44.9 Å². The van der Waals surface area contributed by atoms with Gasteiger partial charge in [-0.2, -0.15) is 0 Å². The number of carbonyl (C=O) groups is 1. The summed E-state index contributed by atoms with van der Waals surface area (Å²) in [6, 6.07) is 9.28. The third kappa shape index (κ3) is 4.45. The van der Waals surface area contributed by atoms with Crippen LogP contribution in [0.5, 0.6) is 5.75 Å². The summed E-state index contributed by atoms with van der Waals surface area (Å²) in [5.74, 6) is -0.242. The van der Waals surface area contributed by atoms with Crippen molar-refractivity contribution < 1.29 is 14.6 Å². The molecule has 1 N–H and O–H groups in total. The maximum Gasteiger partial charge on any atom is 0.337 e. The second-order valence-electron chi connectivity index (χ2n) is 4.72. The van der Waals surface area contributed by atoms with Crippen LogP contribution in [-0.2, 0) is 4.79 Å². The van der Waals surface area contributed by atoms with Crippen LogP contribution in [0.25, 0.3) is 11.6 Å². The van der Waals surface area contributed by atoms with Crippen LogP contribution < -0.4 is 4.74 Å². The molecule has 0 aliphatic rings. The van der Waals surface area contributed by atoms with Gasteiger partial charge >= 0.3 is 5.97 Å². The Labute approximate surface area is 142 Å². The average molecular weight is 381 g/mol. The summed E-state index contributed by atoms with van der Waals surface area (Å²) in [5.41, 5.74) is 1.03. The zero-order valence-corrected chi connectivity index (χ0v) is 14.6. The van der Waals surface area contributed by atoms with Gasteiger partial charge in [0.05, 0.1) is 12.2 Å². The van der Waals surface area contributed by atoms with E-state index in [0.29, 0.717) is 12.4 Å². The van der Waals surface area contributed by atoms with E-state index in [-0.39, 0.29) is 5.57 Å². The van der Waals surface area contributed by atoms with Crippen molar-refractivity contribution in [3.63, 3.8) is 0 Å². The zero-order valence-electron chi connectivity index (χ0n) is 12.2. The van der Waals surface area contributed by atoms with E-state index >= 15 is 0 Å². The molecule has 1 heterocycles. The quantitative estimate of drug-likeness (QED) is 0.522. The molecule has 3 nitrogen and oxygen atoms in total. The highest BCUT2D eigenvalue weighted by molar-refractivity contribution is 9.10. The van der Waals surface area contributed by atoms with Gasteiger partial charge in [0, 0.05) is 14.9 Å². The number of rotatable bonds is 7. The third-order valence-electron chi connectivity index (χ3n) is 3.04. The summed E-state index contributed by atoms with van der Waals surface area (Å²) >= 11 is 4.83. The minimum Gasteiger partial charge on any atom is -0.493 e. The lowest BCUT2D eigenvalue weighted by molar-refractivity contribution is -0.130. The van der Waals surface area contributed by atoms with Crippen LogP contribution in [0.2, 0.25) is 0 Å². The summed E-state index contributed by atoms with van der Waals surface area (Å²) in [5, 5.41) is 11.3. The molecular formula is C17H17BrO3S. The highest BCUT2D eigenvalue weighted by Gasteiger charge is 2.13. The molecule has 1 aromatic heterocycles. The largest absolute Gasteiger partial charge is 0.493 e. The fraction of sp³-hybridized carbons (Fsp3) is 0.235. The van der Waals surface area contributed by atoms with E-state index in [4.69, 9.17) is 4.74 Å². The fourth-order valence-electron chi connectivity index (χ4n) is 1.92. The van der Waals surface area contributed by atoms with Gasteiger partial charge < -0.3 is 9.84 Å². The number of thiophene rings is 1. The summed E-state index contributed by atoms with van der Waals surface area (Å²) in [6.07, 6.45) is 3.69. The van der Waals surface area contributed by atoms with Gasteiger partial charge in [0.25, 0.3) is 0 Å². The molecule has 0 saturated heterocycles. The molecule has 0 amide bonds. The number of benzene rings is 1. The van der Waals surface area contributed by atoms with E-state index < -0.39 is 5.97 Å². The monoisotopic (exact) mass is 380 g/mol. The lowest BCUT2D eigenvalue weighted by Gasteiger charge is -2.10. The molecule has 0 bridgehead atoms. The standard InChI is InChI=1S/C17H17BrO3S/c1-2-3-8-21-15-7-6-13(18)10-12(15)11-14(17(19)20)16-5-4-9-22-16/h4-7,9-11H,2-3,8H2,1H3,(H,19,20)/b14-11-. The fourth-order valence-corrected chi connectivity index (χ4v) is 3.03. The lowest BCUT2D eigenvalue weighted by Crippen LogP contribution is -2.00. The Hall–Kier alpha value is -1.59. The molecule has 0 atom stereocenters. The van der Waals surface area contributed by atoms with Crippen LogP contribution in [0.15, 0.2) is 40.2 Å². The van der Waals surface area contributed by atoms with Crippen molar-refractivity contribution in [3.8, 4) is 5.75 Å². The second kappa shape index (κ2) is 8.15. The molecule has 0 unspecified atom stereocenters. The Morgan fingerprint density at radius 1 is 1.41 bits per heavy atom. The topological polar surface area (TPSA) is 46.5 Å². The number of aliphatic carboxylic acids is 1. The summed E-state index contributed by atoms with van der Waals surface area (Å²) in [4.78, 5) is 12.3. The van der Waals surface area contributed by atoms with Crippen molar-refractivity contribution in [3.05, 3.63) is 50.6 Å². The number of carboxylic acid groups (broad SMARTS) is 1. The first kappa shape index (κ1) is 16.8. The lowest BCUT2D eigenvalue weighted by atomic mass is 10.1. The summed E-state index contributed by atoms with van der Waals surface area (Å²) in [6.45, 7) is 2.73. The Morgan fingerprint density at radius 3 is 2.86 bits per heavy atom. The number of carboxylic acids is 1. The van der Waals surface area contributed by atoms with Crippen LogP contribution in [0.1, 0.15) is 30.2 Å². The number of unbranched alkanes of at least 4 members (excludes halogenated alkanes) is 1. The van der Waals surface area contributed by atoms with Crippen molar-refractivity contribution in [2.45, 2.75) is 19.8 Å². The minimum atomic E-state index is -0.943. The van der Waals surface area contributed by atoms with Gasteiger partial charge in [-0.15, -0.1) is 11.3 Å². The number of ether oxygens (including phenoxy) is 1. The van der Waals surface area contributed by atoms with Gasteiger partial charge in [-0.1, -0.05) is 35.3 Å². The first-order chi connectivity index (χ1) is 10.6. The SMILES string of the molecule is CCCCOc1ccc(Br)cc1/C=C(\C(=O)O)c1cccs1. The zero-order chi connectivity index (χ0) is 15.9. The van der Waals surface area contributed by atoms with E-state index in [1.165, 1.54) is 11.3 Å². The summed E-state index contributed by atoms with van der Waals surface area (Å²) in [7, 11) is 0. The van der Waals surface area contributed by atoms with Crippen molar-refractivity contribution in [2.24, 2.45) is 0 Å². The molecule has 0 aliphatic heterocycles. The highest BCUT2D eigenvalue weighted by Crippen LogP contribution is 2.29. The average Bonchev–Trinajstić information content (AvgIpc) is 3.00. The second-order valence-corrected chi connectivity index (χ2v) is 6.59. The Kier molecular flexibility index (Phi) is 6.21. The number of halogens is 1. The van der Waals surface area contributed by atoms with Crippen LogP contribution in [-0.4, -0.2) is 17.7 Å². The van der Waals surface area contributed by atoms with Crippen LogP contribution in [0.4, 0.5) is 0 Å². The van der Waals surface area contributed by atoms with E-state index in [2.05, 4.69) is 22.9 Å². The van der Waals surface area contributed by atoms with E-state index in [0.717, 1.165) is 27.8 Å². The van der Waals surface area contributed by atoms with Crippen molar-refractivity contribution in [1.82, 2.24) is 0 Å². The molecular weight excluding hydrogens is 364 g/mol. The maximum absolute atomic E-state index is 11.5. The van der Waals surface area contributed by atoms with Crippen LogP contribution in [0, 0.1) is 0 Å². The van der Waals surface area contributed by atoms with Gasteiger partial charge in [0.1, 0.15) is 5.75 Å². The Morgan fingerprint density at radius 2 is 2.23 bits per heavy atom. The Balaban J connectivity index is 2.38. The molecule has 2 aromatic rings. The molecule has 1 aromatic carbocycles. The van der Waals surface area contributed by atoms with E-state index in [1.54, 1.807) is 12.1 Å². The highest BCUT2D eigenvalue weighted by atomic mass is 79.9. The molecule has 0 fully saturated rings. The molecule has 5 heteroatoms. The van der Waals surface area contributed by atoms with Gasteiger partial charge in [-0.25, -0.2) is 4.79 Å².